The number of aromatic nitrogens is 2. The number of rotatable bonds is 4. The lowest BCUT2D eigenvalue weighted by molar-refractivity contribution is -0.302. The molecular weight excluding hydrogens is 460 g/mol. The maximum absolute atomic E-state index is 13.8. The van der Waals surface area contributed by atoms with E-state index in [4.69, 9.17) is 4.74 Å². The Kier molecular flexibility index (Phi) is 6.17. The number of nitrogens with zero attached hydrogens (tertiary/aromatic N) is 3. The van der Waals surface area contributed by atoms with Gasteiger partial charge in [-0.3, -0.25) is 0 Å². The van der Waals surface area contributed by atoms with E-state index >= 15 is 0 Å². The molecule has 0 unspecified atom stereocenters. The van der Waals surface area contributed by atoms with Crippen LogP contribution in [0.25, 0.3) is 16.1 Å². The molecule has 0 N–H and O–H groups in total. The molecule has 1 aliphatic heterocycles. The fourth-order valence-electron chi connectivity index (χ4n) is 3.50. The van der Waals surface area contributed by atoms with Crippen molar-refractivity contribution < 1.29 is 35.8 Å². The smallest absolute Gasteiger partial charge is 0.405 e. The molecule has 1 fully saturated rings. The maximum atomic E-state index is 13.8. The second-order valence-electron chi connectivity index (χ2n) is 7.06. The highest BCUT2D eigenvalue weighted by Crippen LogP contribution is 2.40. The zero-order valence-corrected chi connectivity index (χ0v) is 17.3. The van der Waals surface area contributed by atoms with Gasteiger partial charge < -0.3 is 14.4 Å². The van der Waals surface area contributed by atoms with Crippen molar-refractivity contribution >= 4 is 22.8 Å². The van der Waals surface area contributed by atoms with Gasteiger partial charge in [-0.2, -0.15) is 17.5 Å². The Morgan fingerprint density at radius 3 is 2.41 bits per heavy atom. The highest BCUT2D eigenvalue weighted by atomic mass is 32.1. The van der Waals surface area contributed by atoms with Crippen LogP contribution in [0.2, 0.25) is 0 Å². The molecule has 1 aromatic carbocycles. The highest BCUT2D eigenvalue weighted by Gasteiger charge is 2.36. The molecule has 0 saturated carbocycles. The second kappa shape index (κ2) is 8.74. The van der Waals surface area contributed by atoms with Gasteiger partial charge >= 0.3 is 12.5 Å². The van der Waals surface area contributed by atoms with E-state index in [9.17, 15) is 26.3 Å². The molecule has 1 aliphatic carbocycles. The van der Waals surface area contributed by atoms with Gasteiger partial charge in [0.05, 0.1) is 24.4 Å². The lowest BCUT2D eigenvalue weighted by Crippen LogP contribution is -2.37. The summed E-state index contributed by atoms with van der Waals surface area (Å²) in [6.45, 7) is 1.36. The van der Waals surface area contributed by atoms with Crippen molar-refractivity contribution in [1.29, 1.82) is 0 Å². The van der Waals surface area contributed by atoms with Crippen molar-refractivity contribution in [1.82, 2.24) is 9.36 Å². The van der Waals surface area contributed by atoms with Crippen molar-refractivity contribution in [2.75, 3.05) is 31.2 Å². The van der Waals surface area contributed by atoms with Gasteiger partial charge in [-0.25, -0.2) is 4.98 Å². The number of hydrogen-bond acceptors (Lipinski definition) is 6. The average Bonchev–Trinajstić information content (AvgIpc) is 3.23. The van der Waals surface area contributed by atoms with Crippen LogP contribution in [0, 0.1) is 0 Å². The first-order valence-electron chi connectivity index (χ1n) is 9.66. The monoisotopic (exact) mass is 477 g/mol. The third-order valence-electron chi connectivity index (χ3n) is 4.90. The van der Waals surface area contributed by atoms with E-state index in [1.807, 2.05) is 0 Å². The molecule has 1 saturated heterocycles. The van der Waals surface area contributed by atoms with E-state index in [1.54, 1.807) is 4.90 Å². The van der Waals surface area contributed by atoms with E-state index in [0.29, 0.717) is 39.1 Å². The summed E-state index contributed by atoms with van der Waals surface area (Å²) >= 11 is 0.810. The molecule has 172 valence electrons. The van der Waals surface area contributed by atoms with Gasteiger partial charge in [0.15, 0.2) is 5.82 Å². The summed E-state index contributed by atoms with van der Waals surface area (Å²) in [5.74, 6) is -0.433. The number of allylic oxidation sites excluding steroid dienone is 3. The average molecular weight is 477 g/mol. The first-order chi connectivity index (χ1) is 15.1. The second-order valence-corrected chi connectivity index (χ2v) is 7.82. The van der Waals surface area contributed by atoms with Crippen molar-refractivity contribution in [3.8, 4) is 10.6 Å². The van der Waals surface area contributed by atoms with Gasteiger partial charge in [-0.05, 0) is 48.6 Å². The zero-order valence-electron chi connectivity index (χ0n) is 16.5. The van der Waals surface area contributed by atoms with Gasteiger partial charge in [0.25, 0.3) is 0 Å². The molecule has 1 aromatic heterocycles. The number of hydrogen-bond donors (Lipinski definition) is 0. The van der Waals surface area contributed by atoms with Crippen molar-refractivity contribution in [3.05, 3.63) is 47.5 Å². The third-order valence-corrected chi connectivity index (χ3v) is 5.67. The standard InChI is InChI=1S/C20H17F6N3O2S/c21-19(22,23)14-11-12(5-6-15(14)29-7-9-30-10-8-29)18-27-17(28-32-18)13-3-1-2-4-16(13)31-20(24,25)26/h3-6,11H,1-2,7-10H2. The summed E-state index contributed by atoms with van der Waals surface area (Å²) in [5.41, 5.74) is -0.520. The minimum absolute atomic E-state index is 0.0222. The van der Waals surface area contributed by atoms with Crippen molar-refractivity contribution in [3.63, 3.8) is 0 Å². The lowest BCUT2D eigenvalue weighted by atomic mass is 10.0. The molecule has 0 atom stereocenters. The lowest BCUT2D eigenvalue weighted by Gasteiger charge is -2.31. The molecular formula is C20H17F6N3O2S. The van der Waals surface area contributed by atoms with Crippen LogP contribution >= 0.6 is 11.5 Å². The van der Waals surface area contributed by atoms with Crippen LogP contribution in [0.15, 0.2) is 36.1 Å². The highest BCUT2D eigenvalue weighted by molar-refractivity contribution is 7.09. The molecule has 0 radical (unpaired) electrons. The molecule has 5 nitrogen and oxygen atoms in total. The number of benzene rings is 1. The minimum atomic E-state index is -4.88. The molecule has 2 aromatic rings. The largest absolute Gasteiger partial charge is 0.573 e. The Hall–Kier alpha value is -2.60. The number of alkyl halides is 6. The van der Waals surface area contributed by atoms with E-state index in [2.05, 4.69) is 14.1 Å². The molecule has 32 heavy (non-hydrogen) atoms. The summed E-state index contributed by atoms with van der Waals surface area (Å²) in [5, 5.41) is 0.164. The van der Waals surface area contributed by atoms with Crippen LogP contribution in [0.4, 0.5) is 32.0 Å². The normalized spacial score (nSPS) is 17.8. The van der Waals surface area contributed by atoms with E-state index in [0.717, 1.165) is 17.6 Å². The van der Waals surface area contributed by atoms with Crippen LogP contribution in [0.5, 0.6) is 0 Å². The topological polar surface area (TPSA) is 47.5 Å². The van der Waals surface area contributed by atoms with E-state index in [-0.39, 0.29) is 27.7 Å². The van der Waals surface area contributed by atoms with Crippen LogP contribution < -0.4 is 4.90 Å². The fourth-order valence-corrected chi connectivity index (χ4v) is 4.17. The van der Waals surface area contributed by atoms with Crippen LogP contribution in [0.3, 0.4) is 0 Å². The molecule has 2 aliphatic rings. The summed E-state index contributed by atoms with van der Waals surface area (Å²) in [6.07, 6.45) is -5.82. The SMILES string of the molecule is FC(F)(F)OC1=CCCC=C1c1nsc(-c2ccc(N3CCOCC3)c(C(F)(F)F)c2)n1. The van der Waals surface area contributed by atoms with Crippen molar-refractivity contribution in [2.24, 2.45) is 0 Å². The van der Waals surface area contributed by atoms with Gasteiger partial charge in [0.2, 0.25) is 0 Å². The Morgan fingerprint density at radius 2 is 1.72 bits per heavy atom. The predicted octanol–water partition coefficient (Wildman–Crippen LogP) is 5.66. The molecule has 4 rings (SSSR count). The molecule has 12 heteroatoms. The number of morpholine rings is 1. The third kappa shape index (κ3) is 5.07. The fraction of sp³-hybridized carbons (Fsp3) is 0.400. The van der Waals surface area contributed by atoms with Gasteiger partial charge in [0, 0.05) is 24.3 Å². The first kappa shape index (κ1) is 22.6. The van der Waals surface area contributed by atoms with E-state index < -0.39 is 23.9 Å². The Labute approximate surface area is 183 Å². The van der Waals surface area contributed by atoms with Gasteiger partial charge in [-0.15, -0.1) is 13.2 Å². The zero-order chi connectivity index (χ0) is 22.9. The number of anilines is 1. The quantitative estimate of drug-likeness (QED) is 0.532. The summed E-state index contributed by atoms with van der Waals surface area (Å²) in [4.78, 5) is 5.81. The Bertz CT molecular complexity index is 1040. The Balaban J connectivity index is 1.65. The minimum Gasteiger partial charge on any atom is -0.405 e. The van der Waals surface area contributed by atoms with Gasteiger partial charge in [0.1, 0.15) is 10.8 Å². The Morgan fingerprint density at radius 1 is 1.00 bits per heavy atom. The van der Waals surface area contributed by atoms with Crippen LogP contribution in [-0.2, 0) is 15.7 Å². The molecule has 0 bridgehead atoms. The first-order valence-corrected chi connectivity index (χ1v) is 10.4. The van der Waals surface area contributed by atoms with Gasteiger partial charge in [-0.1, -0.05) is 6.08 Å². The molecule has 0 amide bonds. The predicted molar refractivity (Wildman–Crippen MR) is 106 cm³/mol. The summed E-state index contributed by atoms with van der Waals surface area (Å²) in [7, 11) is 0. The summed E-state index contributed by atoms with van der Waals surface area (Å²) in [6, 6.07) is 3.87. The van der Waals surface area contributed by atoms with Crippen LogP contribution in [-0.4, -0.2) is 42.0 Å². The maximum Gasteiger partial charge on any atom is 0.573 e. The molecule has 2 heterocycles. The number of ether oxygens (including phenoxy) is 2. The van der Waals surface area contributed by atoms with Crippen LogP contribution in [0.1, 0.15) is 24.2 Å². The van der Waals surface area contributed by atoms with E-state index in [1.165, 1.54) is 24.3 Å². The summed E-state index contributed by atoms with van der Waals surface area (Å²) < 4.78 is 92.8. The van der Waals surface area contributed by atoms with Crippen molar-refractivity contribution in [2.45, 2.75) is 25.4 Å². The number of halogens is 6. The molecule has 0 spiro atoms.